The summed E-state index contributed by atoms with van der Waals surface area (Å²) in [5, 5.41) is 3.87. The molecular weight excluding hydrogens is 389 g/mol. The number of hydrogen-bond donors (Lipinski definition) is 1. The Hall–Kier alpha value is -0.890. The molecule has 2 fully saturated rings. The second-order valence-electron chi connectivity index (χ2n) is 7.71. The molecule has 1 aromatic heterocycles. The SMILES string of the molecule is Cc1noc(C(C)N2CCN(C(=O)CC3(CN)CCCCC3)CC2)n1.Cl.Cl. The Bertz CT molecular complexity index is 584. The number of halogens is 2. The molecule has 0 aromatic carbocycles. The van der Waals surface area contributed by atoms with Crippen LogP contribution in [0.2, 0.25) is 0 Å². The zero-order chi connectivity index (χ0) is 17.9. The van der Waals surface area contributed by atoms with Crippen LogP contribution in [0.1, 0.15) is 63.2 Å². The number of nitrogens with zero attached hydrogens (tertiary/aromatic N) is 4. The highest BCUT2D eigenvalue weighted by molar-refractivity contribution is 5.85. The number of hydrogen-bond acceptors (Lipinski definition) is 6. The summed E-state index contributed by atoms with van der Waals surface area (Å²) in [5.41, 5.74) is 6.08. The molecule has 2 heterocycles. The maximum absolute atomic E-state index is 12.8. The minimum absolute atomic E-state index is 0. The Balaban J connectivity index is 0.00000182. The zero-order valence-electron chi connectivity index (χ0n) is 16.4. The van der Waals surface area contributed by atoms with E-state index in [2.05, 4.69) is 22.0 Å². The first kappa shape index (κ1) is 24.1. The van der Waals surface area contributed by atoms with Crippen LogP contribution < -0.4 is 5.73 Å². The Morgan fingerprint density at radius 3 is 2.33 bits per heavy atom. The number of carbonyl (C=O) groups excluding carboxylic acids is 1. The van der Waals surface area contributed by atoms with Gasteiger partial charge < -0.3 is 15.2 Å². The monoisotopic (exact) mass is 421 g/mol. The van der Waals surface area contributed by atoms with Crippen molar-refractivity contribution in [2.45, 2.75) is 58.4 Å². The molecule has 1 atom stereocenters. The number of rotatable bonds is 5. The number of carbonyl (C=O) groups is 1. The van der Waals surface area contributed by atoms with Crippen molar-refractivity contribution in [3.8, 4) is 0 Å². The molecule has 1 aromatic rings. The van der Waals surface area contributed by atoms with Crippen LogP contribution >= 0.6 is 24.8 Å². The van der Waals surface area contributed by atoms with Gasteiger partial charge in [-0.15, -0.1) is 24.8 Å². The van der Waals surface area contributed by atoms with Gasteiger partial charge in [0.1, 0.15) is 0 Å². The molecule has 0 spiro atoms. The van der Waals surface area contributed by atoms with Crippen LogP contribution in [0.3, 0.4) is 0 Å². The van der Waals surface area contributed by atoms with Crippen molar-refractivity contribution in [3.63, 3.8) is 0 Å². The van der Waals surface area contributed by atoms with Gasteiger partial charge in [-0.3, -0.25) is 9.69 Å². The summed E-state index contributed by atoms with van der Waals surface area (Å²) in [6.45, 7) is 7.73. The fraction of sp³-hybridized carbons (Fsp3) is 0.833. The van der Waals surface area contributed by atoms with E-state index in [1.165, 1.54) is 19.3 Å². The molecule has 0 bridgehead atoms. The highest BCUT2D eigenvalue weighted by Crippen LogP contribution is 2.38. The van der Waals surface area contributed by atoms with Crippen molar-refractivity contribution in [3.05, 3.63) is 11.7 Å². The number of piperazine rings is 1. The highest BCUT2D eigenvalue weighted by Gasteiger charge is 2.35. The summed E-state index contributed by atoms with van der Waals surface area (Å²) in [4.78, 5) is 21.4. The molecule has 1 saturated heterocycles. The van der Waals surface area contributed by atoms with Crippen molar-refractivity contribution >= 4 is 30.7 Å². The summed E-state index contributed by atoms with van der Waals surface area (Å²) in [6, 6.07) is 0.0900. The molecule has 1 aliphatic carbocycles. The summed E-state index contributed by atoms with van der Waals surface area (Å²) < 4.78 is 5.28. The standard InChI is InChI=1S/C18H31N5O2.2ClH/c1-14(17-20-15(2)21-25-17)22-8-10-23(11-9-22)16(24)12-18(13-19)6-4-3-5-7-18;;/h14H,3-13,19H2,1-2H3;2*1H. The maximum atomic E-state index is 12.8. The third kappa shape index (κ3) is 5.79. The van der Waals surface area contributed by atoms with Crippen LogP contribution in [0, 0.1) is 12.3 Å². The van der Waals surface area contributed by atoms with Gasteiger partial charge in [-0.1, -0.05) is 24.4 Å². The zero-order valence-corrected chi connectivity index (χ0v) is 18.0. The fourth-order valence-electron chi connectivity index (χ4n) is 4.19. The normalized spacial score (nSPS) is 21.1. The van der Waals surface area contributed by atoms with Gasteiger partial charge in [0.25, 0.3) is 0 Å². The summed E-state index contributed by atoms with van der Waals surface area (Å²) in [5.74, 6) is 1.59. The van der Waals surface area contributed by atoms with Gasteiger partial charge in [0.2, 0.25) is 11.8 Å². The van der Waals surface area contributed by atoms with Crippen LogP contribution in [0.15, 0.2) is 4.52 Å². The Labute approximate surface area is 174 Å². The quantitative estimate of drug-likeness (QED) is 0.785. The van der Waals surface area contributed by atoms with E-state index in [1.807, 2.05) is 11.8 Å². The summed E-state index contributed by atoms with van der Waals surface area (Å²) in [7, 11) is 0. The van der Waals surface area contributed by atoms with Crippen molar-refractivity contribution in [1.82, 2.24) is 19.9 Å². The largest absolute Gasteiger partial charge is 0.340 e. The van der Waals surface area contributed by atoms with Crippen LogP contribution in [-0.4, -0.2) is 58.6 Å². The second-order valence-corrected chi connectivity index (χ2v) is 7.71. The van der Waals surface area contributed by atoms with Crippen LogP contribution in [-0.2, 0) is 4.79 Å². The van der Waals surface area contributed by atoms with Gasteiger partial charge in [-0.2, -0.15) is 4.98 Å². The summed E-state index contributed by atoms with van der Waals surface area (Å²) in [6.07, 6.45) is 6.51. The van der Waals surface area contributed by atoms with Gasteiger partial charge in [0.05, 0.1) is 6.04 Å². The number of aromatic nitrogens is 2. The molecule has 9 heteroatoms. The number of aryl methyl sites for hydroxylation is 1. The molecule has 2 N–H and O–H groups in total. The lowest BCUT2D eigenvalue weighted by atomic mass is 9.71. The molecule has 0 radical (unpaired) electrons. The predicted molar refractivity (Wildman–Crippen MR) is 109 cm³/mol. The van der Waals surface area contributed by atoms with E-state index in [4.69, 9.17) is 10.3 Å². The Morgan fingerprint density at radius 1 is 1.19 bits per heavy atom. The third-order valence-corrected chi connectivity index (χ3v) is 5.99. The van der Waals surface area contributed by atoms with Crippen LogP contribution in [0.5, 0.6) is 0 Å². The lowest BCUT2D eigenvalue weighted by Crippen LogP contribution is -2.50. The highest BCUT2D eigenvalue weighted by atomic mass is 35.5. The van der Waals surface area contributed by atoms with Gasteiger partial charge >= 0.3 is 0 Å². The molecular formula is C18H33Cl2N5O2. The average Bonchev–Trinajstić information content (AvgIpc) is 3.08. The van der Waals surface area contributed by atoms with Gasteiger partial charge in [-0.05, 0) is 38.6 Å². The van der Waals surface area contributed by atoms with Crippen molar-refractivity contribution < 1.29 is 9.32 Å². The van der Waals surface area contributed by atoms with E-state index in [-0.39, 0.29) is 42.2 Å². The lowest BCUT2D eigenvalue weighted by molar-refractivity contribution is -0.136. The van der Waals surface area contributed by atoms with E-state index in [0.29, 0.717) is 24.7 Å². The second kappa shape index (κ2) is 10.6. The molecule has 1 saturated carbocycles. The molecule has 7 nitrogen and oxygen atoms in total. The maximum Gasteiger partial charge on any atom is 0.243 e. The minimum Gasteiger partial charge on any atom is -0.340 e. The van der Waals surface area contributed by atoms with E-state index < -0.39 is 0 Å². The van der Waals surface area contributed by atoms with E-state index in [1.54, 1.807) is 0 Å². The van der Waals surface area contributed by atoms with E-state index in [9.17, 15) is 4.79 Å². The third-order valence-electron chi connectivity index (χ3n) is 5.99. The first-order chi connectivity index (χ1) is 12.0. The van der Waals surface area contributed by atoms with E-state index in [0.717, 1.165) is 39.0 Å². The van der Waals surface area contributed by atoms with Gasteiger partial charge in [0.15, 0.2) is 5.82 Å². The smallest absolute Gasteiger partial charge is 0.243 e. The average molecular weight is 422 g/mol. The first-order valence-electron chi connectivity index (χ1n) is 9.55. The van der Waals surface area contributed by atoms with Crippen molar-refractivity contribution in [1.29, 1.82) is 0 Å². The summed E-state index contributed by atoms with van der Waals surface area (Å²) >= 11 is 0. The Morgan fingerprint density at radius 2 is 1.81 bits per heavy atom. The minimum atomic E-state index is 0. The molecule has 1 unspecified atom stereocenters. The predicted octanol–water partition coefficient (Wildman–Crippen LogP) is 2.73. The molecule has 156 valence electrons. The van der Waals surface area contributed by atoms with Crippen molar-refractivity contribution in [2.24, 2.45) is 11.1 Å². The Kier molecular flexibility index (Phi) is 9.48. The first-order valence-corrected chi connectivity index (χ1v) is 9.55. The number of amides is 1. The topological polar surface area (TPSA) is 88.5 Å². The molecule has 3 rings (SSSR count). The van der Waals surface area contributed by atoms with Crippen LogP contribution in [0.4, 0.5) is 0 Å². The molecule has 27 heavy (non-hydrogen) atoms. The molecule has 1 aliphatic heterocycles. The molecule has 2 aliphatic rings. The van der Waals surface area contributed by atoms with Gasteiger partial charge in [0, 0.05) is 32.6 Å². The fourth-order valence-corrected chi connectivity index (χ4v) is 4.19. The van der Waals surface area contributed by atoms with Gasteiger partial charge in [-0.25, -0.2) is 0 Å². The lowest BCUT2D eigenvalue weighted by Gasteiger charge is -2.40. The molecule has 1 amide bonds. The van der Waals surface area contributed by atoms with Crippen LogP contribution in [0.25, 0.3) is 0 Å². The van der Waals surface area contributed by atoms with Crippen molar-refractivity contribution in [2.75, 3.05) is 32.7 Å². The van der Waals surface area contributed by atoms with E-state index >= 15 is 0 Å². The number of nitrogens with two attached hydrogens (primary N) is 1.